The van der Waals surface area contributed by atoms with Gasteiger partial charge in [-0.2, -0.15) is 0 Å². The summed E-state index contributed by atoms with van der Waals surface area (Å²) in [5.41, 5.74) is 0. The van der Waals surface area contributed by atoms with Gasteiger partial charge in [0, 0.05) is 65.2 Å². The van der Waals surface area contributed by atoms with Crippen LogP contribution in [-0.2, 0) is 14.4 Å². The molecule has 0 aromatic carbocycles. The van der Waals surface area contributed by atoms with Crippen LogP contribution in [0.25, 0.3) is 0 Å². The maximum Gasteiger partial charge on any atom is 0.327 e. The first-order valence-corrected chi connectivity index (χ1v) is 3.37. The molecule has 0 aliphatic heterocycles. The zero-order valence-corrected chi connectivity index (χ0v) is 9.90. The SMILES string of the molecule is C=CC(=O)O.C=CC(=O)O.C=CC(=O)O.[Yb]. The van der Waals surface area contributed by atoms with E-state index in [0.29, 0.717) is 0 Å². The van der Waals surface area contributed by atoms with E-state index in [2.05, 4.69) is 19.7 Å². The van der Waals surface area contributed by atoms with E-state index in [1.54, 1.807) is 0 Å². The first-order valence-electron chi connectivity index (χ1n) is 3.37. The van der Waals surface area contributed by atoms with Gasteiger partial charge in [0.15, 0.2) is 0 Å². The molecule has 98 valence electrons. The van der Waals surface area contributed by atoms with Gasteiger partial charge in [-0.1, -0.05) is 19.7 Å². The van der Waals surface area contributed by atoms with Crippen molar-refractivity contribution in [3.05, 3.63) is 38.0 Å². The third-order valence-corrected chi connectivity index (χ3v) is 0.524. The van der Waals surface area contributed by atoms with Crippen molar-refractivity contribution < 1.29 is 76.6 Å². The van der Waals surface area contributed by atoms with Crippen LogP contribution in [-0.4, -0.2) is 33.2 Å². The number of rotatable bonds is 3. The summed E-state index contributed by atoms with van der Waals surface area (Å²) in [4.78, 5) is 27.8. The number of carbonyl (C=O) groups is 3. The molecule has 3 N–H and O–H groups in total. The number of aliphatic carboxylic acids is 3. The van der Waals surface area contributed by atoms with E-state index in [9.17, 15) is 14.4 Å². The number of carboxylic acids is 3. The summed E-state index contributed by atoms with van der Waals surface area (Å²) in [7, 11) is 0. The van der Waals surface area contributed by atoms with Crippen molar-refractivity contribution in [1.29, 1.82) is 0 Å². The van der Waals surface area contributed by atoms with Crippen LogP contribution in [0.4, 0.5) is 0 Å². The van der Waals surface area contributed by atoms with Crippen LogP contribution in [0.15, 0.2) is 38.0 Å². The third-order valence-electron chi connectivity index (χ3n) is 0.524. The second-order valence-corrected chi connectivity index (χ2v) is 1.63. The fraction of sp³-hybridized carbons (Fsp3) is 0. The van der Waals surface area contributed by atoms with Crippen molar-refractivity contribution in [3.8, 4) is 0 Å². The number of hydrogen-bond donors (Lipinski definition) is 3. The monoisotopic (exact) mass is 390 g/mol. The van der Waals surface area contributed by atoms with Gasteiger partial charge in [0.2, 0.25) is 0 Å². The zero-order chi connectivity index (χ0) is 12.9. The molecular formula is C9H12O6Yb. The Balaban J connectivity index is -0.0000000655. The van der Waals surface area contributed by atoms with Crippen molar-refractivity contribution in [3.63, 3.8) is 0 Å². The summed E-state index contributed by atoms with van der Waals surface area (Å²) in [6.45, 7) is 8.88. The predicted octanol–water partition coefficient (Wildman–Crippen LogP) is 0.771. The van der Waals surface area contributed by atoms with Gasteiger partial charge < -0.3 is 15.3 Å². The Kier molecular flexibility index (Phi) is 30.0. The summed E-state index contributed by atoms with van der Waals surface area (Å²) in [6, 6.07) is 0. The van der Waals surface area contributed by atoms with Gasteiger partial charge in [-0.25, -0.2) is 14.4 Å². The summed E-state index contributed by atoms with van der Waals surface area (Å²) in [5.74, 6) is -2.94. The maximum absolute atomic E-state index is 9.25. The first kappa shape index (κ1) is 24.4. The molecule has 0 atom stereocenters. The molecule has 0 aromatic rings. The van der Waals surface area contributed by atoms with Gasteiger partial charge in [0.25, 0.3) is 0 Å². The summed E-state index contributed by atoms with van der Waals surface area (Å²) < 4.78 is 0. The normalized spacial score (nSPS) is 6.00. The fourth-order valence-corrected chi connectivity index (χ4v) is 0. The van der Waals surface area contributed by atoms with Crippen molar-refractivity contribution >= 4 is 17.9 Å². The van der Waals surface area contributed by atoms with Crippen molar-refractivity contribution in [2.24, 2.45) is 0 Å². The van der Waals surface area contributed by atoms with E-state index < -0.39 is 17.9 Å². The quantitative estimate of drug-likeness (QED) is 0.615. The molecule has 0 rings (SSSR count). The van der Waals surface area contributed by atoms with Gasteiger partial charge in [0.05, 0.1) is 0 Å². The standard InChI is InChI=1S/3C3H4O2.Yb/c3*1-2-3(4)5;/h3*2H,1H2,(H,4,5);. The summed E-state index contributed by atoms with van der Waals surface area (Å²) in [6.07, 6.45) is 2.50. The smallest absolute Gasteiger partial charge is 0.327 e. The van der Waals surface area contributed by atoms with E-state index >= 15 is 0 Å². The molecule has 16 heavy (non-hydrogen) atoms. The van der Waals surface area contributed by atoms with Crippen LogP contribution in [0, 0.1) is 46.9 Å². The Bertz CT molecular complexity index is 216. The second kappa shape index (κ2) is 19.7. The number of carboxylic acid groups (broad SMARTS) is 3. The van der Waals surface area contributed by atoms with Crippen LogP contribution in [0.3, 0.4) is 0 Å². The molecule has 0 aliphatic carbocycles. The molecule has 0 saturated heterocycles. The predicted molar refractivity (Wildman–Crippen MR) is 53.5 cm³/mol. The van der Waals surface area contributed by atoms with Crippen LogP contribution < -0.4 is 0 Å². The Morgan fingerprint density at radius 3 is 0.750 bits per heavy atom. The van der Waals surface area contributed by atoms with E-state index in [1.807, 2.05) is 0 Å². The molecule has 0 heterocycles. The Hall–Kier alpha value is -0.851. The van der Waals surface area contributed by atoms with Crippen LogP contribution in [0.2, 0.25) is 0 Å². The Labute approximate surface area is 131 Å². The first-order chi connectivity index (χ1) is 6.81. The molecule has 0 fully saturated rings. The Morgan fingerprint density at radius 1 is 0.688 bits per heavy atom. The molecule has 0 aromatic heterocycles. The molecule has 0 radical (unpaired) electrons. The van der Waals surface area contributed by atoms with E-state index in [0.717, 1.165) is 18.2 Å². The molecular weight excluding hydrogens is 377 g/mol. The average Bonchev–Trinajstić information content (AvgIpc) is 2.19. The minimum Gasteiger partial charge on any atom is -0.478 e. The van der Waals surface area contributed by atoms with Crippen molar-refractivity contribution in [2.75, 3.05) is 0 Å². The molecule has 0 spiro atoms. The van der Waals surface area contributed by atoms with Crippen LogP contribution in [0.5, 0.6) is 0 Å². The average molecular weight is 389 g/mol. The molecule has 0 amide bonds. The molecule has 0 unspecified atom stereocenters. The fourth-order valence-electron chi connectivity index (χ4n) is 0. The van der Waals surface area contributed by atoms with Gasteiger partial charge in [-0.15, -0.1) is 0 Å². The Morgan fingerprint density at radius 2 is 0.750 bits per heavy atom. The van der Waals surface area contributed by atoms with Gasteiger partial charge in [-0.3, -0.25) is 0 Å². The van der Waals surface area contributed by atoms with Gasteiger partial charge in [-0.05, 0) is 0 Å². The summed E-state index contributed by atoms with van der Waals surface area (Å²) in [5, 5.41) is 22.8. The van der Waals surface area contributed by atoms with E-state index in [-0.39, 0.29) is 46.9 Å². The molecule has 7 heteroatoms. The number of hydrogen-bond acceptors (Lipinski definition) is 3. The van der Waals surface area contributed by atoms with Gasteiger partial charge in [0.1, 0.15) is 0 Å². The maximum atomic E-state index is 9.25. The minimum absolute atomic E-state index is 0. The van der Waals surface area contributed by atoms with Crippen molar-refractivity contribution in [1.82, 2.24) is 0 Å². The van der Waals surface area contributed by atoms with Crippen molar-refractivity contribution in [2.45, 2.75) is 0 Å². The molecule has 0 bridgehead atoms. The largest absolute Gasteiger partial charge is 0.478 e. The minimum atomic E-state index is -0.981. The molecule has 0 aliphatic rings. The van der Waals surface area contributed by atoms with Crippen LogP contribution >= 0.6 is 0 Å². The third kappa shape index (κ3) is 73.2. The second-order valence-electron chi connectivity index (χ2n) is 1.63. The van der Waals surface area contributed by atoms with E-state index in [4.69, 9.17) is 15.3 Å². The molecule has 0 saturated carbocycles. The van der Waals surface area contributed by atoms with Gasteiger partial charge >= 0.3 is 17.9 Å². The topological polar surface area (TPSA) is 112 Å². The molecule has 6 nitrogen and oxygen atoms in total. The van der Waals surface area contributed by atoms with Crippen LogP contribution in [0.1, 0.15) is 0 Å². The van der Waals surface area contributed by atoms with E-state index in [1.165, 1.54) is 0 Å². The summed E-state index contributed by atoms with van der Waals surface area (Å²) >= 11 is 0. The zero-order valence-electron chi connectivity index (χ0n) is 8.19.